The first kappa shape index (κ1) is 17.3. The number of nitrogens with one attached hydrogen (secondary N) is 2. The highest BCUT2D eigenvalue weighted by molar-refractivity contribution is 5.93. The Morgan fingerprint density at radius 1 is 1.20 bits per heavy atom. The van der Waals surface area contributed by atoms with Crippen molar-refractivity contribution in [3.63, 3.8) is 0 Å². The van der Waals surface area contributed by atoms with Gasteiger partial charge in [0.05, 0.1) is 12.6 Å². The highest BCUT2D eigenvalue weighted by atomic mass is 16.5. The van der Waals surface area contributed by atoms with Gasteiger partial charge in [-0.1, -0.05) is 18.2 Å². The van der Waals surface area contributed by atoms with Gasteiger partial charge in [-0.2, -0.15) is 0 Å². The Kier molecular flexibility index (Phi) is 5.90. The van der Waals surface area contributed by atoms with Crippen LogP contribution in [0.3, 0.4) is 0 Å². The zero-order valence-corrected chi connectivity index (χ0v) is 14.5. The summed E-state index contributed by atoms with van der Waals surface area (Å²) in [5.74, 6) is 0.691. The molecule has 2 aromatic rings. The van der Waals surface area contributed by atoms with Gasteiger partial charge in [-0.3, -0.25) is 4.79 Å². The summed E-state index contributed by atoms with van der Waals surface area (Å²) in [6.07, 6.45) is 2.35. The predicted octanol–water partition coefficient (Wildman–Crippen LogP) is 3.60. The summed E-state index contributed by atoms with van der Waals surface area (Å²) in [7, 11) is 0. The van der Waals surface area contributed by atoms with Gasteiger partial charge in [0, 0.05) is 24.0 Å². The van der Waals surface area contributed by atoms with Crippen LogP contribution < -0.4 is 15.4 Å². The van der Waals surface area contributed by atoms with Crippen LogP contribution in [0.4, 0.5) is 11.4 Å². The van der Waals surface area contributed by atoms with E-state index in [1.807, 2.05) is 55.5 Å². The van der Waals surface area contributed by atoms with E-state index in [2.05, 4.69) is 10.6 Å². The Hall–Kier alpha value is -2.53. The van der Waals surface area contributed by atoms with Crippen LogP contribution in [0.2, 0.25) is 0 Å². The summed E-state index contributed by atoms with van der Waals surface area (Å²) in [6, 6.07) is 15.4. The molecule has 5 heteroatoms. The maximum Gasteiger partial charge on any atom is 0.243 e. The molecular weight excluding hydrogens is 316 g/mol. The maximum absolute atomic E-state index is 12.1. The van der Waals surface area contributed by atoms with Crippen molar-refractivity contribution in [2.24, 2.45) is 0 Å². The summed E-state index contributed by atoms with van der Waals surface area (Å²) < 4.78 is 11.3. The van der Waals surface area contributed by atoms with Gasteiger partial charge < -0.3 is 20.1 Å². The molecule has 132 valence electrons. The van der Waals surface area contributed by atoms with Gasteiger partial charge >= 0.3 is 0 Å². The number of hydrogen-bond donors (Lipinski definition) is 2. The number of aryl methyl sites for hydroxylation is 1. The largest absolute Gasteiger partial charge is 0.491 e. The van der Waals surface area contributed by atoms with E-state index in [1.165, 1.54) is 0 Å². The molecule has 0 spiro atoms. The van der Waals surface area contributed by atoms with Crippen LogP contribution in [-0.2, 0) is 9.53 Å². The molecule has 0 aromatic heterocycles. The molecule has 1 atom stereocenters. The van der Waals surface area contributed by atoms with E-state index in [-0.39, 0.29) is 18.6 Å². The van der Waals surface area contributed by atoms with Crippen LogP contribution in [0.25, 0.3) is 0 Å². The molecule has 1 heterocycles. The molecule has 1 aliphatic rings. The molecule has 5 nitrogen and oxygen atoms in total. The van der Waals surface area contributed by atoms with Crippen molar-refractivity contribution in [2.45, 2.75) is 25.9 Å². The van der Waals surface area contributed by atoms with Crippen LogP contribution in [-0.4, -0.2) is 31.8 Å². The lowest BCUT2D eigenvalue weighted by molar-refractivity contribution is -0.114. The summed E-state index contributed by atoms with van der Waals surface area (Å²) in [4.78, 5) is 12.1. The molecular formula is C20H24N2O3. The molecule has 1 fully saturated rings. The fourth-order valence-electron chi connectivity index (χ4n) is 2.77. The number of amides is 1. The highest BCUT2D eigenvalue weighted by Crippen LogP contribution is 2.19. The minimum atomic E-state index is -0.0868. The fourth-order valence-corrected chi connectivity index (χ4v) is 2.77. The Labute approximate surface area is 148 Å². The Bertz CT molecular complexity index is 712. The van der Waals surface area contributed by atoms with Crippen molar-refractivity contribution in [1.29, 1.82) is 0 Å². The van der Waals surface area contributed by atoms with Crippen LogP contribution in [0, 0.1) is 6.92 Å². The topological polar surface area (TPSA) is 59.6 Å². The molecule has 0 bridgehead atoms. The van der Waals surface area contributed by atoms with E-state index >= 15 is 0 Å². The molecule has 1 unspecified atom stereocenters. The second kappa shape index (κ2) is 8.53. The van der Waals surface area contributed by atoms with E-state index in [0.717, 1.165) is 42.1 Å². The minimum absolute atomic E-state index is 0.0868. The van der Waals surface area contributed by atoms with E-state index in [1.54, 1.807) is 0 Å². The first-order valence-electron chi connectivity index (χ1n) is 8.64. The van der Waals surface area contributed by atoms with Gasteiger partial charge in [0.2, 0.25) is 5.91 Å². The van der Waals surface area contributed by atoms with E-state index in [4.69, 9.17) is 9.47 Å². The first-order valence-corrected chi connectivity index (χ1v) is 8.64. The van der Waals surface area contributed by atoms with Crippen molar-refractivity contribution in [3.8, 4) is 5.75 Å². The zero-order valence-electron chi connectivity index (χ0n) is 14.5. The van der Waals surface area contributed by atoms with Crippen LogP contribution >= 0.6 is 0 Å². The molecule has 1 amide bonds. The van der Waals surface area contributed by atoms with Gasteiger partial charge in [0.25, 0.3) is 0 Å². The molecule has 1 aliphatic heterocycles. The van der Waals surface area contributed by atoms with Crippen molar-refractivity contribution in [1.82, 2.24) is 0 Å². The summed E-state index contributed by atoms with van der Waals surface area (Å²) in [5.41, 5.74) is 2.77. The fraction of sp³-hybridized carbons (Fsp3) is 0.350. The SMILES string of the molecule is Cc1cccc(NC(=O)CNc2cccc(OCC3CCCO3)c2)c1. The Balaban J connectivity index is 1.47. The summed E-state index contributed by atoms with van der Waals surface area (Å²) >= 11 is 0. The number of rotatable bonds is 7. The molecule has 0 aliphatic carbocycles. The number of carbonyl (C=O) groups is 1. The summed E-state index contributed by atoms with van der Waals surface area (Å²) in [5, 5.41) is 6.00. The molecule has 0 radical (unpaired) electrons. The standard InChI is InChI=1S/C20H24N2O3/c1-15-5-2-7-17(11-15)22-20(23)13-21-16-6-3-8-18(12-16)25-14-19-9-4-10-24-19/h2-3,5-8,11-12,19,21H,4,9-10,13-14H2,1H3,(H,22,23). The quantitative estimate of drug-likeness (QED) is 0.808. The van der Waals surface area contributed by atoms with Gasteiger partial charge in [0.15, 0.2) is 0 Å². The first-order chi connectivity index (χ1) is 12.2. The molecule has 1 saturated heterocycles. The minimum Gasteiger partial charge on any atom is -0.491 e. The van der Waals surface area contributed by atoms with Gasteiger partial charge in [-0.25, -0.2) is 0 Å². The van der Waals surface area contributed by atoms with Gasteiger partial charge in [0.1, 0.15) is 12.4 Å². The highest BCUT2D eigenvalue weighted by Gasteiger charge is 2.16. The maximum atomic E-state index is 12.1. The van der Waals surface area contributed by atoms with Crippen LogP contribution in [0.5, 0.6) is 5.75 Å². The second-order valence-corrected chi connectivity index (χ2v) is 6.25. The number of hydrogen-bond acceptors (Lipinski definition) is 4. The molecule has 0 saturated carbocycles. The van der Waals surface area contributed by atoms with Crippen molar-refractivity contribution in [2.75, 3.05) is 30.4 Å². The van der Waals surface area contributed by atoms with Gasteiger partial charge in [-0.15, -0.1) is 0 Å². The van der Waals surface area contributed by atoms with Crippen LogP contribution in [0.1, 0.15) is 18.4 Å². The zero-order chi connectivity index (χ0) is 17.5. The van der Waals surface area contributed by atoms with E-state index < -0.39 is 0 Å². The molecule has 25 heavy (non-hydrogen) atoms. The average Bonchev–Trinajstić information content (AvgIpc) is 3.12. The number of benzene rings is 2. The third kappa shape index (κ3) is 5.50. The molecule has 3 rings (SSSR count). The van der Waals surface area contributed by atoms with Crippen molar-refractivity contribution >= 4 is 17.3 Å². The average molecular weight is 340 g/mol. The lowest BCUT2D eigenvalue weighted by Crippen LogP contribution is -2.21. The van der Waals surface area contributed by atoms with Crippen molar-refractivity contribution in [3.05, 3.63) is 54.1 Å². The van der Waals surface area contributed by atoms with Gasteiger partial charge in [-0.05, 0) is 49.6 Å². The van der Waals surface area contributed by atoms with Crippen molar-refractivity contribution < 1.29 is 14.3 Å². The van der Waals surface area contributed by atoms with Crippen LogP contribution in [0.15, 0.2) is 48.5 Å². The number of ether oxygens (including phenoxy) is 2. The normalized spacial score (nSPS) is 16.4. The summed E-state index contributed by atoms with van der Waals surface area (Å²) in [6.45, 7) is 3.59. The molecule has 2 N–H and O–H groups in total. The van der Waals surface area contributed by atoms with E-state index in [9.17, 15) is 4.79 Å². The third-order valence-electron chi connectivity index (χ3n) is 4.05. The Morgan fingerprint density at radius 3 is 2.84 bits per heavy atom. The lowest BCUT2D eigenvalue weighted by Gasteiger charge is -2.13. The monoisotopic (exact) mass is 340 g/mol. The Morgan fingerprint density at radius 2 is 2.04 bits per heavy atom. The molecule has 2 aromatic carbocycles. The third-order valence-corrected chi connectivity index (χ3v) is 4.05. The number of anilines is 2. The van der Waals surface area contributed by atoms with E-state index in [0.29, 0.717) is 6.61 Å². The smallest absolute Gasteiger partial charge is 0.243 e. The lowest BCUT2D eigenvalue weighted by atomic mass is 10.2. The second-order valence-electron chi connectivity index (χ2n) is 6.25. The predicted molar refractivity (Wildman–Crippen MR) is 99.2 cm³/mol. The number of carbonyl (C=O) groups excluding carboxylic acids is 1.